The van der Waals surface area contributed by atoms with E-state index in [9.17, 15) is 8.42 Å². The van der Waals surface area contributed by atoms with Gasteiger partial charge in [-0.2, -0.15) is 0 Å². The first-order valence-corrected chi connectivity index (χ1v) is 9.87. The minimum absolute atomic E-state index is 0.173. The van der Waals surface area contributed by atoms with Crippen molar-refractivity contribution in [3.8, 4) is 5.75 Å². The van der Waals surface area contributed by atoms with Gasteiger partial charge in [-0.3, -0.25) is 4.72 Å². The molecule has 0 spiro atoms. The fourth-order valence-corrected chi connectivity index (χ4v) is 3.71. The molecule has 0 fully saturated rings. The molecule has 6 nitrogen and oxygen atoms in total. The Kier molecular flexibility index (Phi) is 5.61. The Morgan fingerprint density at radius 1 is 1.04 bits per heavy atom. The molecular weight excluding hydrogens is 362 g/mol. The molecule has 7 heteroatoms. The van der Waals surface area contributed by atoms with Gasteiger partial charge in [-0.1, -0.05) is 30.3 Å². The van der Waals surface area contributed by atoms with Crippen molar-refractivity contribution in [2.45, 2.75) is 18.4 Å². The largest absolute Gasteiger partial charge is 0.496 e. The summed E-state index contributed by atoms with van der Waals surface area (Å²) in [6, 6.07) is 18.1. The van der Waals surface area contributed by atoms with Crippen LogP contribution < -0.4 is 14.8 Å². The number of hydrogen-bond donors (Lipinski definition) is 2. The molecule has 0 aliphatic rings. The Hall–Kier alpha value is -3.06. The maximum absolute atomic E-state index is 12.6. The predicted octanol–water partition coefficient (Wildman–Crippen LogP) is 3.81. The number of aryl methyl sites for hydroxylation is 1. The number of benzene rings is 2. The normalized spacial score (nSPS) is 11.0. The summed E-state index contributed by atoms with van der Waals surface area (Å²) >= 11 is 0. The summed E-state index contributed by atoms with van der Waals surface area (Å²) in [4.78, 5) is 4.43. The lowest BCUT2D eigenvalue weighted by Crippen LogP contribution is -2.13. The summed E-state index contributed by atoms with van der Waals surface area (Å²) in [5, 5.41) is 3.20. The van der Waals surface area contributed by atoms with Gasteiger partial charge in [-0.25, -0.2) is 13.4 Å². The average molecular weight is 383 g/mol. The summed E-state index contributed by atoms with van der Waals surface area (Å²) in [6.45, 7) is 2.44. The number of anilines is 2. The van der Waals surface area contributed by atoms with E-state index in [1.165, 1.54) is 12.3 Å². The predicted molar refractivity (Wildman–Crippen MR) is 107 cm³/mol. The SMILES string of the molecule is COc1ccc(S(=O)(=O)Nc2ccc(NCc3ccccc3)nc2)cc1C. The molecule has 3 aromatic rings. The molecule has 2 aromatic carbocycles. The summed E-state index contributed by atoms with van der Waals surface area (Å²) in [5.74, 6) is 1.31. The lowest BCUT2D eigenvalue weighted by Gasteiger charge is -2.11. The first-order chi connectivity index (χ1) is 13.0. The second kappa shape index (κ2) is 8.09. The van der Waals surface area contributed by atoms with Crippen molar-refractivity contribution in [1.29, 1.82) is 0 Å². The van der Waals surface area contributed by atoms with E-state index in [1.54, 1.807) is 38.3 Å². The Bertz CT molecular complexity index is 1000. The van der Waals surface area contributed by atoms with E-state index < -0.39 is 10.0 Å². The van der Waals surface area contributed by atoms with E-state index in [4.69, 9.17) is 4.74 Å². The van der Waals surface area contributed by atoms with Gasteiger partial charge in [-0.05, 0) is 48.4 Å². The quantitative estimate of drug-likeness (QED) is 0.648. The zero-order chi connectivity index (χ0) is 19.3. The third-order valence-corrected chi connectivity index (χ3v) is 5.39. The average Bonchev–Trinajstić information content (AvgIpc) is 2.68. The molecule has 27 heavy (non-hydrogen) atoms. The molecule has 3 rings (SSSR count). The maximum atomic E-state index is 12.6. The third-order valence-electron chi connectivity index (χ3n) is 4.01. The highest BCUT2D eigenvalue weighted by Gasteiger charge is 2.15. The van der Waals surface area contributed by atoms with Crippen LogP contribution in [0.3, 0.4) is 0 Å². The first-order valence-electron chi connectivity index (χ1n) is 8.39. The Morgan fingerprint density at radius 3 is 2.44 bits per heavy atom. The molecule has 0 aliphatic carbocycles. The number of nitrogens with zero attached hydrogens (tertiary/aromatic N) is 1. The molecular formula is C20H21N3O3S. The fraction of sp³-hybridized carbons (Fsp3) is 0.150. The molecule has 0 saturated heterocycles. The number of nitrogens with one attached hydrogen (secondary N) is 2. The number of sulfonamides is 1. The molecule has 1 heterocycles. The van der Waals surface area contributed by atoms with Gasteiger partial charge in [0.05, 0.1) is 23.9 Å². The molecule has 0 saturated carbocycles. The van der Waals surface area contributed by atoms with Gasteiger partial charge in [0.2, 0.25) is 0 Å². The van der Waals surface area contributed by atoms with Crippen LogP contribution in [-0.2, 0) is 16.6 Å². The minimum atomic E-state index is -3.69. The molecule has 0 amide bonds. The number of aromatic nitrogens is 1. The molecule has 0 bridgehead atoms. The number of hydrogen-bond acceptors (Lipinski definition) is 5. The van der Waals surface area contributed by atoms with Crippen molar-refractivity contribution in [3.05, 3.63) is 78.0 Å². The van der Waals surface area contributed by atoms with Gasteiger partial charge in [0.25, 0.3) is 10.0 Å². The lowest BCUT2D eigenvalue weighted by atomic mass is 10.2. The van der Waals surface area contributed by atoms with E-state index in [0.717, 1.165) is 11.1 Å². The highest BCUT2D eigenvalue weighted by Crippen LogP contribution is 2.23. The van der Waals surface area contributed by atoms with Gasteiger partial charge in [-0.15, -0.1) is 0 Å². The van der Waals surface area contributed by atoms with Crippen molar-refractivity contribution >= 4 is 21.5 Å². The van der Waals surface area contributed by atoms with Crippen molar-refractivity contribution < 1.29 is 13.2 Å². The van der Waals surface area contributed by atoms with Gasteiger partial charge < -0.3 is 10.1 Å². The molecule has 0 aliphatic heterocycles. The van der Waals surface area contributed by atoms with Crippen LogP contribution >= 0.6 is 0 Å². The van der Waals surface area contributed by atoms with Crippen LogP contribution in [0.4, 0.5) is 11.5 Å². The van der Waals surface area contributed by atoms with Crippen molar-refractivity contribution in [2.24, 2.45) is 0 Å². The van der Waals surface area contributed by atoms with Crippen molar-refractivity contribution in [2.75, 3.05) is 17.1 Å². The summed E-state index contributed by atoms with van der Waals surface area (Å²) in [7, 11) is -2.15. The highest BCUT2D eigenvalue weighted by molar-refractivity contribution is 7.92. The van der Waals surface area contributed by atoms with Crippen LogP contribution in [0.2, 0.25) is 0 Å². The second-order valence-corrected chi connectivity index (χ2v) is 7.69. The second-order valence-electron chi connectivity index (χ2n) is 6.01. The number of pyridine rings is 1. The van der Waals surface area contributed by atoms with Crippen molar-refractivity contribution in [1.82, 2.24) is 4.98 Å². The molecule has 0 radical (unpaired) electrons. The molecule has 0 atom stereocenters. The molecule has 2 N–H and O–H groups in total. The van der Waals surface area contributed by atoms with Crippen LogP contribution in [0.1, 0.15) is 11.1 Å². The Balaban J connectivity index is 1.67. The summed E-state index contributed by atoms with van der Waals surface area (Å²) < 4.78 is 32.8. The van der Waals surface area contributed by atoms with Gasteiger partial charge in [0, 0.05) is 6.54 Å². The number of methoxy groups -OCH3 is 1. The van der Waals surface area contributed by atoms with Crippen LogP contribution in [0.5, 0.6) is 5.75 Å². The van der Waals surface area contributed by atoms with Crippen molar-refractivity contribution in [3.63, 3.8) is 0 Å². The summed E-state index contributed by atoms with van der Waals surface area (Å²) in [5.41, 5.74) is 2.28. The monoisotopic (exact) mass is 383 g/mol. The van der Waals surface area contributed by atoms with Crippen LogP contribution in [-0.4, -0.2) is 20.5 Å². The van der Waals surface area contributed by atoms with Crippen LogP contribution in [0.15, 0.2) is 71.8 Å². The number of ether oxygens (including phenoxy) is 1. The van der Waals surface area contributed by atoms with Gasteiger partial charge >= 0.3 is 0 Å². The standard InChI is InChI=1S/C20H21N3O3S/c1-15-12-18(9-10-19(15)26-2)27(24,25)23-17-8-11-20(22-14-17)21-13-16-6-4-3-5-7-16/h3-12,14,23H,13H2,1-2H3,(H,21,22). The number of rotatable bonds is 7. The van der Waals surface area contributed by atoms with Crippen LogP contribution in [0.25, 0.3) is 0 Å². The van der Waals surface area contributed by atoms with E-state index in [1.807, 2.05) is 30.3 Å². The lowest BCUT2D eigenvalue weighted by molar-refractivity contribution is 0.411. The Morgan fingerprint density at radius 2 is 1.81 bits per heavy atom. The highest BCUT2D eigenvalue weighted by atomic mass is 32.2. The molecule has 0 unspecified atom stereocenters. The van der Waals surface area contributed by atoms with Crippen LogP contribution in [0, 0.1) is 6.92 Å². The first kappa shape index (κ1) is 18.7. The van der Waals surface area contributed by atoms with Gasteiger partial charge in [0.1, 0.15) is 11.6 Å². The topological polar surface area (TPSA) is 80.3 Å². The smallest absolute Gasteiger partial charge is 0.261 e. The molecule has 140 valence electrons. The molecule has 1 aromatic heterocycles. The van der Waals surface area contributed by atoms with E-state index in [0.29, 0.717) is 23.8 Å². The Labute approximate surface area is 159 Å². The summed E-state index contributed by atoms with van der Waals surface area (Å²) in [6.07, 6.45) is 1.49. The third kappa shape index (κ3) is 4.77. The fourth-order valence-electron chi connectivity index (χ4n) is 2.58. The maximum Gasteiger partial charge on any atom is 0.261 e. The minimum Gasteiger partial charge on any atom is -0.496 e. The van der Waals surface area contributed by atoms with Gasteiger partial charge in [0.15, 0.2) is 0 Å². The van der Waals surface area contributed by atoms with E-state index in [-0.39, 0.29) is 4.90 Å². The van der Waals surface area contributed by atoms with E-state index >= 15 is 0 Å². The zero-order valence-electron chi connectivity index (χ0n) is 15.1. The van der Waals surface area contributed by atoms with E-state index in [2.05, 4.69) is 15.0 Å². The zero-order valence-corrected chi connectivity index (χ0v) is 16.0.